The number of fused-ring (bicyclic) bond motifs is 3. The molecule has 3 aromatic rings. The van der Waals surface area contributed by atoms with Crippen molar-refractivity contribution in [1.82, 2.24) is 4.68 Å². The molecule has 0 spiro atoms. The van der Waals surface area contributed by atoms with Gasteiger partial charge in [0.15, 0.2) is 0 Å². The number of nitrogen functional groups attached to an aromatic ring is 1. The molecule has 2 nitrogen and oxygen atoms in total. The largest absolute Gasteiger partial charge is 0.339 e. The fourth-order valence-electron chi connectivity index (χ4n) is 2.41. The molecule has 2 N–H and O–H groups in total. The van der Waals surface area contributed by atoms with E-state index in [9.17, 15) is 0 Å². The summed E-state index contributed by atoms with van der Waals surface area (Å²) in [5.74, 6) is 6.17. The number of hydrogen-bond donors (Lipinski definition) is 1. The fourth-order valence-corrected chi connectivity index (χ4v) is 2.41. The van der Waals surface area contributed by atoms with Gasteiger partial charge < -0.3 is 5.84 Å². The van der Waals surface area contributed by atoms with Gasteiger partial charge in [-0.25, -0.2) is 0 Å². The van der Waals surface area contributed by atoms with E-state index in [1.165, 1.54) is 16.3 Å². The predicted octanol–water partition coefficient (Wildman–Crippen LogP) is 3.07. The Hall–Kier alpha value is -1.96. The minimum absolute atomic E-state index is 1.00. The van der Waals surface area contributed by atoms with E-state index in [0.717, 1.165) is 17.5 Å². The van der Waals surface area contributed by atoms with E-state index >= 15 is 0 Å². The third-order valence-corrected chi connectivity index (χ3v) is 3.20. The molecular weight excluding hydrogens is 196 g/mol. The highest BCUT2D eigenvalue weighted by molar-refractivity contribution is 6.09. The summed E-state index contributed by atoms with van der Waals surface area (Å²) in [5, 5.41) is 2.48. The molecule has 0 atom stereocenters. The highest BCUT2D eigenvalue weighted by Gasteiger charge is 2.10. The summed E-state index contributed by atoms with van der Waals surface area (Å²) < 4.78 is 1.81. The number of para-hydroxylation sites is 2. The molecule has 0 aliphatic heterocycles. The van der Waals surface area contributed by atoms with Gasteiger partial charge in [0.2, 0.25) is 0 Å². The molecular formula is C14H14N2. The van der Waals surface area contributed by atoms with Crippen LogP contribution in [0.15, 0.2) is 42.5 Å². The van der Waals surface area contributed by atoms with Crippen molar-refractivity contribution < 1.29 is 0 Å². The van der Waals surface area contributed by atoms with Crippen LogP contribution in [0.5, 0.6) is 0 Å². The van der Waals surface area contributed by atoms with Crippen LogP contribution in [0, 0.1) is 0 Å². The highest BCUT2D eigenvalue weighted by atomic mass is 15.3. The van der Waals surface area contributed by atoms with Crippen LogP contribution < -0.4 is 5.84 Å². The third kappa shape index (κ3) is 1.07. The van der Waals surface area contributed by atoms with Gasteiger partial charge in [0.1, 0.15) is 0 Å². The summed E-state index contributed by atoms with van der Waals surface area (Å²) in [6, 6.07) is 14.7. The van der Waals surface area contributed by atoms with Crippen molar-refractivity contribution in [2.24, 2.45) is 0 Å². The number of aromatic nitrogens is 1. The maximum absolute atomic E-state index is 6.17. The third-order valence-electron chi connectivity index (χ3n) is 3.20. The molecule has 1 heterocycles. The average Bonchev–Trinajstić information content (AvgIpc) is 2.64. The van der Waals surface area contributed by atoms with Crippen molar-refractivity contribution >= 4 is 21.8 Å². The molecule has 0 aliphatic rings. The molecule has 2 aromatic carbocycles. The van der Waals surface area contributed by atoms with E-state index in [4.69, 9.17) is 5.84 Å². The Morgan fingerprint density at radius 3 is 2.56 bits per heavy atom. The van der Waals surface area contributed by atoms with Crippen LogP contribution in [-0.2, 0) is 6.42 Å². The summed E-state index contributed by atoms with van der Waals surface area (Å²) in [6.07, 6.45) is 1.00. The molecule has 0 aliphatic carbocycles. The lowest BCUT2D eigenvalue weighted by atomic mass is 10.1. The van der Waals surface area contributed by atoms with Gasteiger partial charge in [0.05, 0.1) is 11.0 Å². The molecule has 0 saturated carbocycles. The van der Waals surface area contributed by atoms with Gasteiger partial charge in [-0.1, -0.05) is 43.3 Å². The van der Waals surface area contributed by atoms with Crippen molar-refractivity contribution in [2.75, 3.05) is 5.84 Å². The normalized spacial score (nSPS) is 11.3. The number of hydrogen-bond acceptors (Lipinski definition) is 1. The molecule has 2 heteroatoms. The standard InChI is InChI=1S/C14H14N2/c1-2-10-6-5-8-12-11-7-3-4-9-13(11)16(15)14(10)12/h3-9H,2,15H2,1H3. The molecule has 1 aromatic heterocycles. The fraction of sp³-hybridized carbons (Fsp3) is 0.143. The predicted molar refractivity (Wildman–Crippen MR) is 69.0 cm³/mol. The first-order chi connectivity index (χ1) is 7.83. The molecule has 3 rings (SSSR count). The maximum Gasteiger partial charge on any atom is 0.0735 e. The van der Waals surface area contributed by atoms with Gasteiger partial charge in [-0.05, 0) is 18.1 Å². The van der Waals surface area contributed by atoms with Gasteiger partial charge in [0, 0.05) is 10.8 Å². The van der Waals surface area contributed by atoms with E-state index in [1.54, 1.807) is 0 Å². The molecule has 0 unspecified atom stereocenters. The summed E-state index contributed by atoms with van der Waals surface area (Å²) >= 11 is 0. The molecule has 0 radical (unpaired) electrons. The number of aryl methyl sites for hydroxylation is 1. The van der Waals surface area contributed by atoms with Crippen LogP contribution in [0.2, 0.25) is 0 Å². The summed E-state index contributed by atoms with van der Waals surface area (Å²) in [5.41, 5.74) is 3.56. The van der Waals surface area contributed by atoms with Crippen LogP contribution >= 0.6 is 0 Å². The van der Waals surface area contributed by atoms with Crippen LogP contribution in [-0.4, -0.2) is 4.68 Å². The van der Waals surface area contributed by atoms with Crippen LogP contribution in [0.1, 0.15) is 12.5 Å². The highest BCUT2D eigenvalue weighted by Crippen LogP contribution is 2.29. The second-order valence-corrected chi connectivity index (χ2v) is 4.05. The van der Waals surface area contributed by atoms with Crippen molar-refractivity contribution in [2.45, 2.75) is 13.3 Å². The zero-order valence-electron chi connectivity index (χ0n) is 9.27. The minimum Gasteiger partial charge on any atom is -0.339 e. The number of benzene rings is 2. The van der Waals surface area contributed by atoms with Crippen molar-refractivity contribution in [3.8, 4) is 0 Å². The Kier molecular flexibility index (Phi) is 1.90. The van der Waals surface area contributed by atoms with Crippen LogP contribution in [0.4, 0.5) is 0 Å². The Balaban J connectivity index is 2.61. The zero-order chi connectivity index (χ0) is 11.1. The minimum atomic E-state index is 1.00. The first-order valence-electron chi connectivity index (χ1n) is 5.59. The van der Waals surface area contributed by atoms with Gasteiger partial charge in [-0.15, -0.1) is 0 Å². The molecule has 80 valence electrons. The van der Waals surface area contributed by atoms with Gasteiger partial charge in [0.25, 0.3) is 0 Å². The van der Waals surface area contributed by atoms with E-state index < -0.39 is 0 Å². The van der Waals surface area contributed by atoms with E-state index in [1.807, 2.05) is 10.7 Å². The molecule has 16 heavy (non-hydrogen) atoms. The van der Waals surface area contributed by atoms with E-state index in [-0.39, 0.29) is 0 Å². The maximum atomic E-state index is 6.17. The number of rotatable bonds is 1. The lowest BCUT2D eigenvalue weighted by Gasteiger charge is -2.03. The number of nitrogens with zero attached hydrogens (tertiary/aromatic N) is 1. The van der Waals surface area contributed by atoms with Gasteiger partial charge in [-0.2, -0.15) is 0 Å². The Labute approximate surface area is 94.3 Å². The van der Waals surface area contributed by atoms with E-state index in [2.05, 4.69) is 43.3 Å². The number of nitrogens with two attached hydrogens (primary N) is 1. The second-order valence-electron chi connectivity index (χ2n) is 4.05. The summed E-state index contributed by atoms with van der Waals surface area (Å²) in [4.78, 5) is 0. The van der Waals surface area contributed by atoms with Crippen molar-refractivity contribution in [3.05, 3.63) is 48.0 Å². The van der Waals surface area contributed by atoms with Crippen molar-refractivity contribution in [1.29, 1.82) is 0 Å². The topological polar surface area (TPSA) is 30.9 Å². The average molecular weight is 210 g/mol. The Morgan fingerprint density at radius 1 is 1.00 bits per heavy atom. The van der Waals surface area contributed by atoms with E-state index in [0.29, 0.717) is 0 Å². The molecule has 0 bridgehead atoms. The molecule has 0 fully saturated rings. The first kappa shape index (κ1) is 9.28. The smallest absolute Gasteiger partial charge is 0.0735 e. The Morgan fingerprint density at radius 2 is 1.75 bits per heavy atom. The second kappa shape index (κ2) is 3.27. The van der Waals surface area contributed by atoms with Crippen LogP contribution in [0.3, 0.4) is 0 Å². The summed E-state index contributed by atoms with van der Waals surface area (Å²) in [7, 11) is 0. The lowest BCUT2D eigenvalue weighted by molar-refractivity contribution is 1.07. The van der Waals surface area contributed by atoms with Crippen molar-refractivity contribution in [3.63, 3.8) is 0 Å². The summed E-state index contributed by atoms with van der Waals surface area (Å²) in [6.45, 7) is 2.16. The van der Waals surface area contributed by atoms with Crippen LogP contribution in [0.25, 0.3) is 21.8 Å². The SMILES string of the molecule is CCc1cccc2c3ccccc3n(N)c12. The van der Waals surface area contributed by atoms with Gasteiger partial charge >= 0.3 is 0 Å². The zero-order valence-corrected chi connectivity index (χ0v) is 9.27. The Bertz CT molecular complexity index is 665. The first-order valence-corrected chi connectivity index (χ1v) is 5.59. The quantitative estimate of drug-likeness (QED) is 0.615. The molecule has 0 saturated heterocycles. The van der Waals surface area contributed by atoms with Gasteiger partial charge in [-0.3, -0.25) is 4.68 Å². The monoisotopic (exact) mass is 210 g/mol. The lowest BCUT2D eigenvalue weighted by Crippen LogP contribution is -2.08. The molecule has 0 amide bonds.